The van der Waals surface area contributed by atoms with Crippen LogP contribution in [-0.4, -0.2) is 41.0 Å². The summed E-state index contributed by atoms with van der Waals surface area (Å²) in [6, 6.07) is 2.98. The molecule has 1 aromatic heterocycles. The average molecular weight is 265 g/mol. The van der Waals surface area contributed by atoms with E-state index in [-0.39, 0.29) is 17.0 Å². The van der Waals surface area contributed by atoms with Crippen LogP contribution in [0.25, 0.3) is 0 Å². The Bertz CT molecular complexity index is 485. The minimum atomic E-state index is -0.528. The quantitative estimate of drug-likeness (QED) is 0.618. The Hall–Kier alpha value is -1.89. The molecule has 0 atom stereocenters. The molecule has 1 fully saturated rings. The second-order valence-corrected chi connectivity index (χ2v) is 5.18. The lowest BCUT2D eigenvalue weighted by Gasteiger charge is -2.47. The fourth-order valence-corrected chi connectivity index (χ4v) is 2.34. The van der Waals surface area contributed by atoms with Crippen molar-refractivity contribution in [3.05, 3.63) is 22.2 Å². The third-order valence-corrected chi connectivity index (χ3v) is 3.93. The highest BCUT2D eigenvalue weighted by molar-refractivity contribution is 5.57. The third kappa shape index (κ3) is 2.60. The van der Waals surface area contributed by atoms with Crippen molar-refractivity contribution in [2.24, 2.45) is 0 Å². The fraction of sp³-hybridized carbons (Fsp3) is 0.583. The van der Waals surface area contributed by atoms with Crippen molar-refractivity contribution in [3.8, 4) is 0 Å². The van der Waals surface area contributed by atoms with Crippen LogP contribution in [0.15, 0.2) is 12.1 Å². The summed E-state index contributed by atoms with van der Waals surface area (Å²) in [5, 5.41) is 13.9. The van der Waals surface area contributed by atoms with Gasteiger partial charge in [-0.25, -0.2) is 4.98 Å². The first-order chi connectivity index (χ1) is 8.94. The van der Waals surface area contributed by atoms with E-state index >= 15 is 0 Å². The van der Waals surface area contributed by atoms with Crippen LogP contribution in [0.1, 0.15) is 19.3 Å². The molecular weight excluding hydrogens is 246 g/mol. The van der Waals surface area contributed by atoms with Crippen molar-refractivity contribution in [3.63, 3.8) is 0 Å². The summed E-state index contributed by atoms with van der Waals surface area (Å²) in [5.74, 6) is 0.527. The lowest BCUT2D eigenvalue weighted by atomic mass is 9.75. The maximum atomic E-state index is 10.7. The molecule has 1 saturated carbocycles. The smallest absolute Gasteiger partial charge is 0.311 e. The van der Waals surface area contributed by atoms with Crippen LogP contribution >= 0.6 is 0 Å². The van der Waals surface area contributed by atoms with Gasteiger partial charge in [-0.05, 0) is 39.4 Å². The Labute approximate surface area is 112 Å². The van der Waals surface area contributed by atoms with Gasteiger partial charge in [0.05, 0.1) is 4.92 Å². The second-order valence-electron chi connectivity index (χ2n) is 5.18. The first-order valence-electron chi connectivity index (χ1n) is 6.27. The number of rotatable bonds is 5. The molecule has 1 aliphatic carbocycles. The Kier molecular flexibility index (Phi) is 3.57. The molecule has 3 N–H and O–H groups in total. The highest BCUT2D eigenvalue weighted by Crippen LogP contribution is 2.36. The van der Waals surface area contributed by atoms with Crippen LogP contribution in [0.4, 0.5) is 17.3 Å². The molecule has 19 heavy (non-hydrogen) atoms. The largest absolute Gasteiger partial charge is 0.378 e. The molecule has 1 aromatic rings. The molecule has 0 aliphatic heterocycles. The number of likely N-dealkylation sites (N-methyl/N-ethyl adjacent to an activating group) is 1. The minimum Gasteiger partial charge on any atom is -0.378 e. The number of pyridine rings is 1. The lowest BCUT2D eigenvalue weighted by molar-refractivity contribution is -0.384. The molecule has 0 spiro atoms. The van der Waals surface area contributed by atoms with Crippen molar-refractivity contribution >= 4 is 17.3 Å². The maximum Gasteiger partial charge on any atom is 0.311 e. The van der Waals surface area contributed by atoms with Gasteiger partial charge in [-0.3, -0.25) is 10.1 Å². The van der Waals surface area contributed by atoms with Crippen LogP contribution in [0.3, 0.4) is 0 Å². The molecule has 0 amide bonds. The van der Waals surface area contributed by atoms with E-state index < -0.39 is 4.92 Å². The summed E-state index contributed by atoms with van der Waals surface area (Å²) >= 11 is 0. The zero-order chi connectivity index (χ0) is 14.0. The van der Waals surface area contributed by atoms with Crippen LogP contribution in [0.2, 0.25) is 0 Å². The SMILES string of the molecule is CN(C)C1(CNc2ccc([N+](=O)[O-])c(N)n2)CCC1. The highest BCUT2D eigenvalue weighted by Gasteiger charge is 2.38. The van der Waals surface area contributed by atoms with Gasteiger partial charge in [0.1, 0.15) is 5.82 Å². The summed E-state index contributed by atoms with van der Waals surface area (Å²) in [4.78, 5) is 16.4. The second kappa shape index (κ2) is 5.00. The number of nitro groups is 1. The van der Waals surface area contributed by atoms with Gasteiger partial charge in [0.15, 0.2) is 0 Å². The summed E-state index contributed by atoms with van der Waals surface area (Å²) in [5.41, 5.74) is 5.57. The standard InChI is InChI=1S/C12H19N5O2/c1-16(2)12(6-3-7-12)8-14-10-5-4-9(17(18)19)11(13)15-10/h4-5H,3,6-8H2,1-2H3,(H3,13,14,15). The van der Waals surface area contributed by atoms with Gasteiger partial charge < -0.3 is 16.0 Å². The van der Waals surface area contributed by atoms with Crippen molar-refractivity contribution in [2.75, 3.05) is 31.7 Å². The van der Waals surface area contributed by atoms with Gasteiger partial charge in [-0.2, -0.15) is 0 Å². The summed E-state index contributed by atoms with van der Waals surface area (Å²) < 4.78 is 0. The van der Waals surface area contributed by atoms with Crippen molar-refractivity contribution in [2.45, 2.75) is 24.8 Å². The topological polar surface area (TPSA) is 97.3 Å². The summed E-state index contributed by atoms with van der Waals surface area (Å²) in [7, 11) is 4.14. The van der Waals surface area contributed by atoms with Crippen molar-refractivity contribution < 1.29 is 4.92 Å². The number of nitrogens with two attached hydrogens (primary N) is 1. The molecular formula is C12H19N5O2. The molecule has 2 rings (SSSR count). The first kappa shape index (κ1) is 13.5. The van der Waals surface area contributed by atoms with Crippen LogP contribution in [0.5, 0.6) is 0 Å². The van der Waals surface area contributed by atoms with Crippen LogP contribution in [-0.2, 0) is 0 Å². The molecule has 104 valence electrons. The van der Waals surface area contributed by atoms with E-state index in [1.165, 1.54) is 12.5 Å². The number of nitrogen functional groups attached to an aromatic ring is 1. The Balaban J connectivity index is 2.04. The zero-order valence-electron chi connectivity index (χ0n) is 11.2. The third-order valence-electron chi connectivity index (χ3n) is 3.93. The van der Waals surface area contributed by atoms with Gasteiger partial charge in [0, 0.05) is 18.2 Å². The van der Waals surface area contributed by atoms with Gasteiger partial charge in [-0.1, -0.05) is 0 Å². The normalized spacial score (nSPS) is 17.0. The van der Waals surface area contributed by atoms with Crippen molar-refractivity contribution in [1.29, 1.82) is 0 Å². The predicted octanol–water partition coefficient (Wildman–Crippen LogP) is 1.47. The van der Waals surface area contributed by atoms with E-state index in [0.717, 1.165) is 19.4 Å². The Morgan fingerprint density at radius 2 is 2.21 bits per heavy atom. The van der Waals surface area contributed by atoms with Gasteiger partial charge >= 0.3 is 5.69 Å². The molecule has 1 aliphatic rings. The van der Waals surface area contributed by atoms with Gasteiger partial charge in [0.2, 0.25) is 5.82 Å². The molecule has 0 unspecified atom stereocenters. The van der Waals surface area contributed by atoms with Gasteiger partial charge in [-0.15, -0.1) is 0 Å². The Morgan fingerprint density at radius 1 is 1.53 bits per heavy atom. The van der Waals surface area contributed by atoms with E-state index in [2.05, 4.69) is 29.3 Å². The molecule has 7 nitrogen and oxygen atoms in total. The molecule has 0 aromatic carbocycles. The molecule has 0 saturated heterocycles. The minimum absolute atomic E-state index is 0.0532. The molecule has 1 heterocycles. The van der Waals surface area contributed by atoms with Crippen molar-refractivity contribution in [1.82, 2.24) is 9.88 Å². The predicted molar refractivity (Wildman–Crippen MR) is 74.1 cm³/mol. The van der Waals surface area contributed by atoms with Gasteiger partial charge in [0.25, 0.3) is 0 Å². The molecule has 0 radical (unpaired) electrons. The number of anilines is 2. The van der Waals surface area contributed by atoms with Crippen LogP contribution in [0, 0.1) is 10.1 Å². The van der Waals surface area contributed by atoms with E-state index in [9.17, 15) is 10.1 Å². The highest BCUT2D eigenvalue weighted by atomic mass is 16.6. The van der Waals surface area contributed by atoms with E-state index in [1.54, 1.807) is 6.07 Å². The first-order valence-corrected chi connectivity index (χ1v) is 6.27. The Morgan fingerprint density at radius 3 is 2.63 bits per heavy atom. The molecule has 0 bridgehead atoms. The molecule has 7 heteroatoms. The summed E-state index contributed by atoms with van der Waals surface area (Å²) in [6.45, 7) is 0.768. The van der Waals surface area contributed by atoms with Crippen LogP contribution < -0.4 is 11.1 Å². The van der Waals surface area contributed by atoms with E-state index in [1.807, 2.05) is 0 Å². The fourth-order valence-electron chi connectivity index (χ4n) is 2.34. The average Bonchev–Trinajstić information content (AvgIpc) is 2.26. The summed E-state index contributed by atoms with van der Waals surface area (Å²) in [6.07, 6.45) is 3.53. The number of nitrogens with one attached hydrogen (secondary N) is 1. The number of nitrogens with zero attached hydrogens (tertiary/aromatic N) is 3. The van der Waals surface area contributed by atoms with E-state index in [0.29, 0.717) is 5.82 Å². The zero-order valence-corrected chi connectivity index (χ0v) is 11.2. The number of hydrogen-bond acceptors (Lipinski definition) is 6. The monoisotopic (exact) mass is 265 g/mol. The van der Waals surface area contributed by atoms with E-state index in [4.69, 9.17) is 5.73 Å². The number of aromatic nitrogens is 1. The lowest BCUT2D eigenvalue weighted by Crippen LogP contribution is -2.54. The number of hydrogen-bond donors (Lipinski definition) is 2. The maximum absolute atomic E-state index is 10.7.